The number of fused-ring (bicyclic) bond motifs is 6. The van der Waals surface area contributed by atoms with Crippen LogP contribution in [0.1, 0.15) is 50.9 Å². The minimum absolute atomic E-state index is 0.0249. The number of hydrogen-bond donors (Lipinski definition) is 2. The van der Waals surface area contributed by atoms with Crippen LogP contribution in [-0.2, 0) is 30.1 Å². The minimum atomic E-state index is -0.987. The van der Waals surface area contributed by atoms with Crippen molar-refractivity contribution >= 4 is 0 Å². The molecule has 0 radical (unpaired) electrons. The molecular formula is C63H56O10. The number of epoxide rings is 1. The van der Waals surface area contributed by atoms with E-state index in [0.717, 1.165) is 53.4 Å². The van der Waals surface area contributed by atoms with Gasteiger partial charge in [0.15, 0.2) is 0 Å². The number of benzene rings is 8. The predicted molar refractivity (Wildman–Crippen MR) is 277 cm³/mol. The lowest BCUT2D eigenvalue weighted by atomic mass is 9.68. The molecule has 0 aromatic heterocycles. The van der Waals surface area contributed by atoms with Gasteiger partial charge in [-0.15, -0.1) is 0 Å². The van der Waals surface area contributed by atoms with Gasteiger partial charge in [-0.1, -0.05) is 146 Å². The summed E-state index contributed by atoms with van der Waals surface area (Å²) < 4.78 is 35.1. The van der Waals surface area contributed by atoms with E-state index in [1.165, 1.54) is 44.5 Å². The zero-order valence-corrected chi connectivity index (χ0v) is 40.3. The molecule has 10 nitrogen and oxygen atoms in total. The van der Waals surface area contributed by atoms with Crippen molar-refractivity contribution in [1.29, 1.82) is 0 Å². The number of aliphatic hydroxyl groups is 2. The van der Waals surface area contributed by atoms with Crippen LogP contribution < -0.4 is 18.9 Å². The van der Waals surface area contributed by atoms with Crippen molar-refractivity contribution < 1.29 is 48.4 Å². The second-order valence-corrected chi connectivity index (χ2v) is 19.1. The third kappa shape index (κ3) is 8.94. The van der Waals surface area contributed by atoms with E-state index in [1.54, 1.807) is 0 Å². The van der Waals surface area contributed by atoms with Crippen LogP contribution in [0.2, 0.25) is 0 Å². The zero-order valence-electron chi connectivity index (χ0n) is 40.3. The molecule has 8 aromatic rings. The molecule has 10 heteroatoms. The Hall–Kier alpha value is -7.28. The van der Waals surface area contributed by atoms with E-state index in [2.05, 4.69) is 146 Å². The highest BCUT2D eigenvalue weighted by molar-refractivity contribution is 5.87. The third-order valence-electron chi connectivity index (χ3n) is 14.6. The lowest BCUT2D eigenvalue weighted by molar-refractivity contribution is -0.316. The summed E-state index contributed by atoms with van der Waals surface area (Å²) in [4.78, 5) is 10.6. The molecule has 2 N–H and O–H groups in total. The fourth-order valence-electron chi connectivity index (χ4n) is 10.9. The standard InChI is InChI=1S/C63H56O10/c64-46(35-67-48-25-17-42(18-26-48)62(44-21-29-50(30-22-44)69-39-52-33-34-66-52)58-13-5-1-9-54(58)55-10-2-6-14-59(55)62)37-72-73-38-47(65)36-68-49-27-19-43(20-28-49)63(45-23-31-51(32-24-45)70-40-53-41-71-53)60-15-7-3-11-56(60)57-12-4-8-16-61(57)63/h1-32,46-47,52-53,64-65H,33-41H2. The monoisotopic (exact) mass is 972 g/mol. The molecule has 0 bridgehead atoms. The Labute approximate surface area is 425 Å². The van der Waals surface area contributed by atoms with Crippen molar-refractivity contribution in [3.63, 3.8) is 0 Å². The maximum Gasteiger partial charge on any atom is 0.119 e. The molecule has 4 unspecified atom stereocenters. The highest BCUT2D eigenvalue weighted by atomic mass is 17.2. The number of hydrogen-bond acceptors (Lipinski definition) is 10. The highest BCUT2D eigenvalue weighted by Crippen LogP contribution is 2.58. The summed E-state index contributed by atoms with van der Waals surface area (Å²) in [7, 11) is 0. The average Bonchev–Trinajstić information content (AvgIpc) is 4.16. The van der Waals surface area contributed by atoms with Crippen molar-refractivity contribution in [3.05, 3.63) is 239 Å². The van der Waals surface area contributed by atoms with E-state index in [-0.39, 0.29) is 38.6 Å². The second kappa shape index (κ2) is 20.3. The Morgan fingerprint density at radius 2 is 0.685 bits per heavy atom. The molecule has 0 amide bonds. The first kappa shape index (κ1) is 46.8. The summed E-state index contributed by atoms with van der Waals surface area (Å²) >= 11 is 0. The molecule has 8 aromatic carbocycles. The van der Waals surface area contributed by atoms with Crippen molar-refractivity contribution in [2.45, 2.75) is 41.7 Å². The van der Waals surface area contributed by atoms with Crippen LogP contribution in [0.25, 0.3) is 22.3 Å². The van der Waals surface area contributed by atoms with Gasteiger partial charge < -0.3 is 38.6 Å². The maximum absolute atomic E-state index is 10.8. The largest absolute Gasteiger partial charge is 0.491 e. The van der Waals surface area contributed by atoms with Crippen molar-refractivity contribution in [2.75, 3.05) is 52.9 Å². The summed E-state index contributed by atoms with van der Waals surface area (Å²) in [5, 5.41) is 21.6. The molecule has 4 aliphatic rings. The van der Waals surface area contributed by atoms with Crippen LogP contribution >= 0.6 is 0 Å². The van der Waals surface area contributed by atoms with Gasteiger partial charge >= 0.3 is 0 Å². The van der Waals surface area contributed by atoms with Crippen molar-refractivity contribution in [1.82, 2.24) is 0 Å². The van der Waals surface area contributed by atoms with Crippen LogP contribution in [-0.4, -0.2) is 87.5 Å². The van der Waals surface area contributed by atoms with Gasteiger partial charge in [-0.25, -0.2) is 9.78 Å². The second-order valence-electron chi connectivity index (χ2n) is 19.1. The molecule has 4 atom stereocenters. The zero-order chi connectivity index (χ0) is 49.2. The molecule has 368 valence electrons. The van der Waals surface area contributed by atoms with E-state index in [1.807, 2.05) is 48.5 Å². The normalized spacial score (nSPS) is 18.0. The lowest BCUT2D eigenvalue weighted by Gasteiger charge is -2.34. The van der Waals surface area contributed by atoms with E-state index in [9.17, 15) is 10.2 Å². The molecule has 2 fully saturated rings. The first-order valence-corrected chi connectivity index (χ1v) is 25.1. The van der Waals surface area contributed by atoms with Crippen LogP contribution in [0.3, 0.4) is 0 Å². The van der Waals surface area contributed by atoms with Gasteiger partial charge in [0.1, 0.15) is 81.0 Å². The lowest BCUT2D eigenvalue weighted by Crippen LogP contribution is -2.32. The summed E-state index contributed by atoms with van der Waals surface area (Å²) in [6.45, 7) is 2.27. The van der Waals surface area contributed by atoms with E-state index < -0.39 is 23.0 Å². The quantitative estimate of drug-likeness (QED) is 0.0312. The Kier molecular flexibility index (Phi) is 13.0. The molecule has 73 heavy (non-hydrogen) atoms. The Balaban J connectivity index is 0.656. The number of aliphatic hydroxyl groups excluding tert-OH is 2. The molecule has 2 saturated heterocycles. The van der Waals surface area contributed by atoms with Gasteiger partial charge in [-0.2, -0.15) is 0 Å². The predicted octanol–water partition coefficient (Wildman–Crippen LogP) is 10.5. The highest BCUT2D eigenvalue weighted by Gasteiger charge is 2.47. The van der Waals surface area contributed by atoms with Crippen molar-refractivity contribution in [3.8, 4) is 45.3 Å². The van der Waals surface area contributed by atoms with Gasteiger partial charge in [0.2, 0.25) is 0 Å². The van der Waals surface area contributed by atoms with Crippen LogP contribution in [0.4, 0.5) is 0 Å². The van der Waals surface area contributed by atoms with E-state index >= 15 is 0 Å². The first-order chi connectivity index (χ1) is 36.0. The number of ether oxygens (including phenoxy) is 6. The fourth-order valence-corrected chi connectivity index (χ4v) is 10.9. The minimum Gasteiger partial charge on any atom is -0.491 e. The molecule has 12 rings (SSSR count). The van der Waals surface area contributed by atoms with Gasteiger partial charge in [0.05, 0.1) is 23.5 Å². The van der Waals surface area contributed by atoms with Crippen LogP contribution in [0.5, 0.6) is 23.0 Å². The van der Waals surface area contributed by atoms with Crippen LogP contribution in [0.15, 0.2) is 194 Å². The molecule has 0 spiro atoms. The summed E-state index contributed by atoms with van der Waals surface area (Å²) in [6, 6.07) is 67.4. The fraction of sp³-hybridized carbons (Fsp3) is 0.238. The molecule has 2 aliphatic carbocycles. The average molecular weight is 973 g/mol. The van der Waals surface area contributed by atoms with Gasteiger partial charge in [-0.05, 0) is 115 Å². The molecule has 0 saturated carbocycles. The number of rotatable bonds is 21. The van der Waals surface area contributed by atoms with E-state index in [4.69, 9.17) is 38.2 Å². The smallest absolute Gasteiger partial charge is 0.119 e. The van der Waals surface area contributed by atoms with Crippen LogP contribution in [0, 0.1) is 0 Å². The maximum atomic E-state index is 10.8. The Morgan fingerprint density at radius 1 is 0.384 bits per heavy atom. The Bertz CT molecular complexity index is 3070. The summed E-state index contributed by atoms with van der Waals surface area (Å²) in [5.74, 6) is 2.83. The van der Waals surface area contributed by atoms with Gasteiger partial charge in [-0.3, -0.25) is 0 Å². The summed E-state index contributed by atoms with van der Waals surface area (Å²) in [5.41, 5.74) is 12.9. The van der Waals surface area contributed by atoms with Crippen molar-refractivity contribution in [2.24, 2.45) is 0 Å². The molecule has 2 aliphatic heterocycles. The third-order valence-corrected chi connectivity index (χ3v) is 14.6. The van der Waals surface area contributed by atoms with Gasteiger partial charge in [0.25, 0.3) is 0 Å². The Morgan fingerprint density at radius 3 is 0.986 bits per heavy atom. The molecular weight excluding hydrogens is 917 g/mol. The summed E-state index contributed by atoms with van der Waals surface area (Å²) in [6.07, 6.45) is -0.614. The molecule has 2 heterocycles. The van der Waals surface area contributed by atoms with E-state index in [0.29, 0.717) is 24.7 Å². The van der Waals surface area contributed by atoms with Gasteiger partial charge in [0, 0.05) is 13.0 Å². The first-order valence-electron chi connectivity index (χ1n) is 25.1. The SMILES string of the molecule is OC(COOCC(O)COc1ccc(C2(c3ccc(OCC4CO4)cc3)c3ccccc3-c3ccccc32)cc1)COc1ccc(C2(c3ccc(OCC4CCO4)cc3)c3ccccc3-c3ccccc32)cc1. The topological polar surface area (TPSA) is 118 Å².